The smallest absolute Gasteiger partial charge is 0.0720 e. The zero-order valence-electron chi connectivity index (χ0n) is 17.5. The fourth-order valence-corrected chi connectivity index (χ4v) is 8.15. The number of ether oxygens (including phenoxy) is 1. The van der Waals surface area contributed by atoms with Crippen LogP contribution in [0.3, 0.4) is 0 Å². The van der Waals surface area contributed by atoms with Crippen LogP contribution in [0.2, 0.25) is 0 Å². The van der Waals surface area contributed by atoms with Crippen molar-refractivity contribution in [3.8, 4) is 0 Å². The molecule has 0 N–H and O–H groups in total. The zero-order chi connectivity index (χ0) is 18.5. The lowest BCUT2D eigenvalue weighted by atomic mass is 9.45. The second kappa shape index (κ2) is 6.90. The van der Waals surface area contributed by atoms with Crippen LogP contribution in [0.4, 0.5) is 0 Å². The molecule has 1 aromatic rings. The Bertz CT molecular complexity index is 653. The van der Waals surface area contributed by atoms with Gasteiger partial charge in [-0.2, -0.15) is 0 Å². The third kappa shape index (κ3) is 3.09. The van der Waals surface area contributed by atoms with E-state index in [2.05, 4.69) is 44.2 Å². The third-order valence-electron chi connectivity index (χ3n) is 9.73. The van der Waals surface area contributed by atoms with E-state index in [1.165, 1.54) is 69.8 Å². The molecule has 0 bridgehead atoms. The van der Waals surface area contributed by atoms with Crippen LogP contribution in [-0.2, 0) is 11.3 Å². The van der Waals surface area contributed by atoms with Crippen molar-refractivity contribution in [3.63, 3.8) is 0 Å². The molecule has 4 aliphatic carbocycles. The molecule has 27 heavy (non-hydrogen) atoms. The van der Waals surface area contributed by atoms with E-state index < -0.39 is 0 Å². The minimum Gasteiger partial charge on any atom is -0.374 e. The summed E-state index contributed by atoms with van der Waals surface area (Å²) in [6, 6.07) is 10.7. The van der Waals surface area contributed by atoms with Gasteiger partial charge in [-0.25, -0.2) is 0 Å². The minimum atomic E-state index is 0.486. The van der Waals surface area contributed by atoms with E-state index in [9.17, 15) is 0 Å². The van der Waals surface area contributed by atoms with Crippen LogP contribution in [0.15, 0.2) is 30.3 Å². The monoisotopic (exact) mass is 366 g/mol. The maximum absolute atomic E-state index is 6.38. The van der Waals surface area contributed by atoms with Crippen molar-refractivity contribution in [1.82, 2.24) is 0 Å². The molecule has 4 saturated carbocycles. The molecule has 148 valence electrons. The molecule has 4 fully saturated rings. The van der Waals surface area contributed by atoms with Crippen LogP contribution in [0.25, 0.3) is 0 Å². The van der Waals surface area contributed by atoms with E-state index in [1.807, 2.05) is 0 Å². The Morgan fingerprint density at radius 3 is 2.59 bits per heavy atom. The van der Waals surface area contributed by atoms with Crippen LogP contribution >= 0.6 is 0 Å². The molecule has 0 radical (unpaired) electrons. The van der Waals surface area contributed by atoms with Gasteiger partial charge in [0.25, 0.3) is 0 Å². The molecule has 1 heteroatoms. The van der Waals surface area contributed by atoms with Crippen LogP contribution in [-0.4, -0.2) is 6.10 Å². The van der Waals surface area contributed by atoms with Crippen molar-refractivity contribution < 1.29 is 4.74 Å². The Hall–Kier alpha value is -0.820. The number of benzene rings is 1. The summed E-state index contributed by atoms with van der Waals surface area (Å²) in [6.07, 6.45) is 15.0. The lowest BCUT2D eigenvalue weighted by molar-refractivity contribution is -0.131. The Kier molecular flexibility index (Phi) is 4.66. The average molecular weight is 367 g/mol. The zero-order valence-corrected chi connectivity index (χ0v) is 17.5. The van der Waals surface area contributed by atoms with Crippen molar-refractivity contribution in [3.05, 3.63) is 35.9 Å². The largest absolute Gasteiger partial charge is 0.374 e. The van der Waals surface area contributed by atoms with Crippen LogP contribution < -0.4 is 0 Å². The number of hydrogen-bond donors (Lipinski definition) is 0. The highest BCUT2D eigenvalue weighted by Gasteiger charge is 2.57. The standard InChI is InChI=1S/C26H38O/c1-25-14-6-9-23(25)22-11-10-20-17-21(27-18-19-7-4-3-5-8-19)12-16-26(20,2)24(22)13-15-25/h3-5,7-8,20-24H,6,9-18H2,1-2H3/t20-,21-,22+,23+,24+,25-,26-/m0/s1. The lowest BCUT2D eigenvalue weighted by Crippen LogP contribution is -2.53. The Morgan fingerprint density at radius 1 is 0.889 bits per heavy atom. The van der Waals surface area contributed by atoms with Crippen molar-refractivity contribution in [2.75, 3.05) is 0 Å². The van der Waals surface area contributed by atoms with Gasteiger partial charge in [-0.1, -0.05) is 50.6 Å². The molecule has 0 unspecified atom stereocenters. The third-order valence-corrected chi connectivity index (χ3v) is 9.73. The Morgan fingerprint density at radius 2 is 1.74 bits per heavy atom. The maximum Gasteiger partial charge on any atom is 0.0720 e. The molecule has 0 heterocycles. The van der Waals surface area contributed by atoms with Crippen molar-refractivity contribution in [1.29, 1.82) is 0 Å². The first-order valence-electron chi connectivity index (χ1n) is 11.7. The van der Waals surface area contributed by atoms with Crippen LogP contribution in [0.5, 0.6) is 0 Å². The number of fused-ring (bicyclic) bond motifs is 5. The molecule has 1 aromatic carbocycles. The van der Waals surface area contributed by atoms with E-state index in [-0.39, 0.29) is 0 Å². The summed E-state index contributed by atoms with van der Waals surface area (Å²) in [6.45, 7) is 6.10. The molecule has 0 aromatic heterocycles. The van der Waals surface area contributed by atoms with E-state index >= 15 is 0 Å². The fourth-order valence-electron chi connectivity index (χ4n) is 8.15. The van der Waals surface area contributed by atoms with E-state index in [1.54, 1.807) is 0 Å². The van der Waals surface area contributed by atoms with Gasteiger partial charge in [-0.3, -0.25) is 0 Å². The molecule has 0 saturated heterocycles. The van der Waals surface area contributed by atoms with Crippen molar-refractivity contribution in [2.45, 2.75) is 90.8 Å². The van der Waals surface area contributed by atoms with Gasteiger partial charge in [0.2, 0.25) is 0 Å². The van der Waals surface area contributed by atoms with Crippen LogP contribution in [0, 0.1) is 34.5 Å². The summed E-state index contributed by atoms with van der Waals surface area (Å²) < 4.78 is 6.38. The summed E-state index contributed by atoms with van der Waals surface area (Å²) in [5.74, 6) is 3.98. The highest BCUT2D eigenvalue weighted by Crippen LogP contribution is 2.66. The lowest BCUT2D eigenvalue weighted by Gasteiger charge is -2.60. The summed E-state index contributed by atoms with van der Waals surface area (Å²) in [4.78, 5) is 0. The molecule has 0 aliphatic heterocycles. The first-order valence-corrected chi connectivity index (χ1v) is 11.7. The molecule has 1 nitrogen and oxygen atoms in total. The SMILES string of the molecule is C[C@@]12CCC[C@@H]1[C@H]1CC[C@H]3C[C@@H](OCc4ccccc4)CC[C@]3(C)[C@@H]1CC2. The van der Waals surface area contributed by atoms with Gasteiger partial charge in [0.15, 0.2) is 0 Å². The van der Waals surface area contributed by atoms with Gasteiger partial charge in [0.05, 0.1) is 12.7 Å². The molecule has 4 aliphatic rings. The fraction of sp³-hybridized carbons (Fsp3) is 0.769. The second-order valence-corrected chi connectivity index (χ2v) is 10.9. The predicted octanol–water partition coefficient (Wildman–Crippen LogP) is 7.00. The Labute approximate surface area is 166 Å². The Balaban J connectivity index is 1.25. The molecule has 0 amide bonds. The van der Waals surface area contributed by atoms with Gasteiger partial charge in [-0.05, 0) is 97.9 Å². The van der Waals surface area contributed by atoms with Gasteiger partial charge in [0, 0.05) is 0 Å². The van der Waals surface area contributed by atoms with E-state index in [0.717, 1.165) is 30.3 Å². The molecular formula is C26H38O. The van der Waals surface area contributed by atoms with Gasteiger partial charge < -0.3 is 4.74 Å². The normalized spacial score (nSPS) is 46.4. The summed E-state index contributed by atoms with van der Waals surface area (Å²) in [5.41, 5.74) is 2.61. The van der Waals surface area contributed by atoms with Crippen molar-refractivity contribution in [2.24, 2.45) is 34.5 Å². The van der Waals surface area contributed by atoms with E-state index in [4.69, 9.17) is 4.74 Å². The summed E-state index contributed by atoms with van der Waals surface area (Å²) in [7, 11) is 0. The van der Waals surface area contributed by atoms with E-state index in [0.29, 0.717) is 16.9 Å². The van der Waals surface area contributed by atoms with Gasteiger partial charge >= 0.3 is 0 Å². The number of hydrogen-bond acceptors (Lipinski definition) is 1. The van der Waals surface area contributed by atoms with Gasteiger partial charge in [-0.15, -0.1) is 0 Å². The van der Waals surface area contributed by atoms with Gasteiger partial charge in [0.1, 0.15) is 0 Å². The highest BCUT2D eigenvalue weighted by atomic mass is 16.5. The first kappa shape index (κ1) is 18.2. The van der Waals surface area contributed by atoms with Crippen molar-refractivity contribution >= 4 is 0 Å². The molecule has 5 rings (SSSR count). The quantitative estimate of drug-likeness (QED) is 0.559. The van der Waals surface area contributed by atoms with Crippen LogP contribution in [0.1, 0.15) is 83.6 Å². The summed E-state index contributed by atoms with van der Waals surface area (Å²) in [5, 5.41) is 0. The topological polar surface area (TPSA) is 9.23 Å². The molecule has 7 atom stereocenters. The minimum absolute atomic E-state index is 0.486. The number of rotatable bonds is 3. The predicted molar refractivity (Wildman–Crippen MR) is 111 cm³/mol. The average Bonchev–Trinajstić information content (AvgIpc) is 3.09. The second-order valence-electron chi connectivity index (χ2n) is 10.9. The molecular weight excluding hydrogens is 328 g/mol. The first-order chi connectivity index (χ1) is 13.1. The molecule has 0 spiro atoms. The summed E-state index contributed by atoms with van der Waals surface area (Å²) >= 11 is 0. The maximum atomic E-state index is 6.38. The highest BCUT2D eigenvalue weighted by molar-refractivity contribution is 5.13.